The van der Waals surface area contributed by atoms with Crippen LogP contribution >= 0.6 is 11.3 Å². The summed E-state index contributed by atoms with van der Waals surface area (Å²) < 4.78 is 11.4. The van der Waals surface area contributed by atoms with Crippen molar-refractivity contribution in [1.29, 1.82) is 0 Å². The summed E-state index contributed by atoms with van der Waals surface area (Å²) in [6, 6.07) is 187. The Bertz CT molecular complexity index is 9630. The number of furan rings is 1. The molecule has 0 spiro atoms. The second-order valence-electron chi connectivity index (χ2n) is 38.8. The zero-order valence-electron chi connectivity index (χ0n) is 78.0. The van der Waals surface area contributed by atoms with E-state index in [0.29, 0.717) is 0 Å². The predicted molar refractivity (Wildman–Crippen MR) is 610 cm³/mol. The summed E-state index contributed by atoms with van der Waals surface area (Å²) in [4.78, 5) is 15.1. The van der Waals surface area contributed by atoms with Crippen molar-refractivity contribution >= 4 is 247 Å². The largest absolute Gasteiger partial charge is 0.456 e. The van der Waals surface area contributed by atoms with Gasteiger partial charge in [-0.3, -0.25) is 0 Å². The van der Waals surface area contributed by atoms with Gasteiger partial charge in [0.1, 0.15) is 11.2 Å². The van der Waals surface area contributed by atoms with Crippen LogP contribution in [0.25, 0.3) is 125 Å². The zero-order valence-corrected chi connectivity index (χ0v) is 78.8. The molecule has 144 heavy (non-hydrogen) atoms. The first-order valence-electron chi connectivity index (χ1n) is 49.8. The minimum Gasteiger partial charge on any atom is -0.456 e. The number of benzene rings is 22. The summed E-state index contributed by atoms with van der Waals surface area (Å²) in [6.45, 7) is -0.270. The van der Waals surface area contributed by atoms with Crippen LogP contribution in [0, 0.1) is 0 Å². The molecule has 12 heteroatoms. The fourth-order valence-electron chi connectivity index (χ4n) is 25.1. The van der Waals surface area contributed by atoms with Crippen molar-refractivity contribution in [3.05, 3.63) is 497 Å². The fraction of sp³-hybridized carbons (Fsp3) is 0. The van der Waals surface area contributed by atoms with Crippen LogP contribution in [0.3, 0.4) is 0 Å². The summed E-state index contributed by atoms with van der Waals surface area (Å²) in [5.74, 6) is 0. The monoisotopic (exact) mass is 1850 g/mol. The van der Waals surface area contributed by atoms with E-state index in [0.717, 1.165) is 157 Å². The molecule has 0 unspecified atom stereocenters. The van der Waals surface area contributed by atoms with E-state index in [-0.39, 0.29) is 20.1 Å². The van der Waals surface area contributed by atoms with Crippen molar-refractivity contribution in [2.75, 3.05) is 29.4 Å². The first kappa shape index (κ1) is 80.6. The van der Waals surface area contributed by atoms with Crippen LogP contribution in [-0.2, 0) is 0 Å². The quantitative estimate of drug-likeness (QED) is 0.113. The summed E-state index contributed by atoms with van der Waals surface area (Å²) in [5, 5.41) is 7.08. The van der Waals surface area contributed by atoms with Gasteiger partial charge in [-0.25, -0.2) is 0 Å². The van der Waals surface area contributed by atoms with E-state index >= 15 is 0 Å². The van der Waals surface area contributed by atoms with Gasteiger partial charge in [0, 0.05) is 150 Å². The topological polar surface area (TPSA) is 37.5 Å². The molecule has 25 aromatic rings. The average molecular weight is 1850 g/mol. The maximum Gasteiger partial charge on any atom is 0.252 e. The zero-order chi connectivity index (χ0) is 94.0. The molecule has 3 aromatic heterocycles. The van der Waals surface area contributed by atoms with Gasteiger partial charge >= 0.3 is 0 Å². The van der Waals surface area contributed by atoms with Crippen molar-refractivity contribution in [3.63, 3.8) is 0 Å². The number of rotatable bonds is 12. The van der Waals surface area contributed by atoms with Gasteiger partial charge in [0.25, 0.3) is 20.1 Å². The molecule has 9 heterocycles. The van der Waals surface area contributed by atoms with Gasteiger partial charge in [0.2, 0.25) is 0 Å². The summed E-state index contributed by atoms with van der Waals surface area (Å²) in [7, 11) is 0. The van der Waals surface area contributed by atoms with Gasteiger partial charge in [-0.1, -0.05) is 291 Å². The molecule has 6 aliphatic heterocycles. The Morgan fingerprint density at radius 3 is 0.979 bits per heavy atom. The predicted octanol–water partition coefficient (Wildman–Crippen LogP) is 29.6. The highest BCUT2D eigenvalue weighted by atomic mass is 32.1. The molecule has 6 aliphatic rings. The minimum atomic E-state index is -0.143. The van der Waals surface area contributed by atoms with E-state index in [9.17, 15) is 0 Å². The number of aromatic nitrogens is 1. The molecule has 8 nitrogen and oxygen atoms in total. The molecule has 0 bridgehead atoms. The van der Waals surface area contributed by atoms with Gasteiger partial charge in [-0.2, -0.15) is 0 Å². The molecule has 31 rings (SSSR count). The lowest BCUT2D eigenvalue weighted by Gasteiger charge is -2.44. The van der Waals surface area contributed by atoms with Crippen molar-refractivity contribution in [2.24, 2.45) is 0 Å². The number of hydrogen-bond donors (Lipinski definition) is 0. The number of nitrogens with zero attached hydrogens (tertiary/aromatic N) is 7. The smallest absolute Gasteiger partial charge is 0.252 e. The van der Waals surface area contributed by atoms with Gasteiger partial charge in [0.05, 0.1) is 11.0 Å². The van der Waals surface area contributed by atoms with Crippen molar-refractivity contribution in [2.45, 2.75) is 0 Å². The molecule has 22 aromatic carbocycles. The van der Waals surface area contributed by atoms with Crippen molar-refractivity contribution in [1.82, 2.24) is 4.57 Å². The molecule has 0 radical (unpaired) electrons. The Balaban J connectivity index is 0.542. The van der Waals surface area contributed by atoms with Crippen LogP contribution in [0.1, 0.15) is 0 Å². The van der Waals surface area contributed by atoms with E-state index in [1.165, 1.54) is 120 Å². The average Bonchev–Trinajstić information content (AvgIpc) is 0.759. The van der Waals surface area contributed by atoms with Crippen molar-refractivity contribution < 1.29 is 4.42 Å². The first-order chi connectivity index (χ1) is 71.4. The lowest BCUT2D eigenvalue weighted by molar-refractivity contribution is 0.669. The van der Waals surface area contributed by atoms with Gasteiger partial charge in [0.15, 0.2) is 0 Å². The van der Waals surface area contributed by atoms with Crippen LogP contribution in [0.2, 0.25) is 0 Å². The first-order valence-corrected chi connectivity index (χ1v) is 50.6. The summed E-state index contributed by atoms with van der Waals surface area (Å²) in [5.41, 5.74) is 48.9. The normalized spacial score (nSPS) is 13.3. The number of thiophene rings is 1. The maximum atomic E-state index is 6.40. The van der Waals surface area contributed by atoms with Crippen LogP contribution in [0.5, 0.6) is 0 Å². The third-order valence-corrected chi connectivity index (χ3v) is 32.5. The number of para-hydroxylation sites is 11. The molecule has 666 valence electrons. The highest BCUT2D eigenvalue weighted by Crippen LogP contribution is 2.54. The van der Waals surface area contributed by atoms with Gasteiger partial charge in [-0.05, 0) is 311 Å². The van der Waals surface area contributed by atoms with E-state index < -0.39 is 0 Å². The Labute approximate surface area is 837 Å². The highest BCUT2D eigenvalue weighted by Gasteiger charge is 2.48. The molecule has 0 amide bonds. The molecule has 0 fully saturated rings. The second-order valence-corrected chi connectivity index (χ2v) is 39.9. The molecular formula is C132H82B3N7OS. The SMILES string of the molecule is c1ccc(N2c3ccccc3B3c4cc(-c5ccc6c7cc(-c8cc9c%10c(c8)N(c8ccccc8)c8ccc(-c%11ccc%12sc%13c(-c%14cc%15c%16c(c%14)N(c%14ccccc%14)c%14ccc(-c%17ccc%18oc%19ccccc%19c%18c%17)cc%14B%16c%14ccccc%14N%15c%14ccccc%14)cccc%13c%12c%11)cc8B%10c8ccccc8N9c8ccccc8)ccc7n(-c7ccccc7)c6c5)ccc4N(c4ccccc4)c4cccc2c43)cc1. The van der Waals surface area contributed by atoms with E-state index in [4.69, 9.17) is 4.42 Å². The Morgan fingerprint density at radius 2 is 0.500 bits per heavy atom. The van der Waals surface area contributed by atoms with Gasteiger partial charge in [-0.15, -0.1) is 11.3 Å². The Hall–Kier alpha value is -18.3. The molecular weight excluding hydrogens is 1760 g/mol. The molecule has 0 saturated heterocycles. The third-order valence-electron chi connectivity index (χ3n) is 31.2. The van der Waals surface area contributed by atoms with Gasteiger partial charge < -0.3 is 38.4 Å². The highest BCUT2D eigenvalue weighted by molar-refractivity contribution is 7.26. The number of hydrogen-bond acceptors (Lipinski definition) is 8. The third kappa shape index (κ3) is 12.1. The van der Waals surface area contributed by atoms with Crippen LogP contribution in [0.4, 0.5) is 102 Å². The van der Waals surface area contributed by atoms with Crippen molar-refractivity contribution in [3.8, 4) is 61.3 Å². The fourth-order valence-corrected chi connectivity index (χ4v) is 26.3. The maximum absolute atomic E-state index is 6.40. The lowest BCUT2D eigenvalue weighted by Crippen LogP contribution is -2.61. The standard InChI is InChI=1S/C132H82B3N7OS/c1-8-32-92(33-9-1)136-112-66-59-85(72-103(112)100-65-58-89(78-121(100)136)88-62-67-116-109(77-88)133-106-49-23-26-52-113(106)137(93-34-10-2-11-35-93)119-55-31-56-120(129(119)133)138(116)94-36-12-3-13-37-94)90-79-122-130-123(80-90)141(97-42-18-6-19-43-97)117-69-61-87(76-111(117)134(130)107-50-24-27-53-114(107)139(122)95-38-14-4-15-39-95)84-64-71-128-105(74-84)102-48-30-47-99(132(102)144-128)91-81-124-131-125(82-91)142(98-44-20-7-21-45-98)118-68-60-86(83-63-70-127-104(73-83)101-46-22-29-57-126(101)143-127)75-110(118)135(131)108-51-25-28-54-115(108)140(124)96-40-16-5-17-41-96/h1-82H. The Kier molecular flexibility index (Phi) is 17.7. The summed E-state index contributed by atoms with van der Waals surface area (Å²) in [6.07, 6.45) is 0. The molecule has 0 atom stereocenters. The second kappa shape index (κ2) is 31.6. The molecule has 0 saturated carbocycles. The van der Waals surface area contributed by atoms with Crippen LogP contribution in [0.15, 0.2) is 502 Å². The Morgan fingerprint density at radius 1 is 0.174 bits per heavy atom. The lowest BCUT2D eigenvalue weighted by atomic mass is 9.33. The summed E-state index contributed by atoms with van der Waals surface area (Å²) >= 11 is 1.90. The van der Waals surface area contributed by atoms with Crippen LogP contribution < -0.4 is 78.6 Å². The van der Waals surface area contributed by atoms with E-state index in [1.54, 1.807) is 0 Å². The minimum absolute atomic E-state index is 0.0334. The molecule has 0 aliphatic carbocycles. The van der Waals surface area contributed by atoms with E-state index in [2.05, 4.69) is 525 Å². The van der Waals surface area contributed by atoms with E-state index in [1.807, 2.05) is 17.4 Å². The molecule has 0 N–H and O–H groups in total. The van der Waals surface area contributed by atoms with Crippen LogP contribution in [-0.4, -0.2) is 24.7 Å². The number of fused-ring (bicyclic) bond motifs is 21. The number of anilines is 18.